The molecule has 1 aromatic carbocycles. The average Bonchev–Trinajstić information content (AvgIpc) is 3.35. The van der Waals surface area contributed by atoms with E-state index in [1.807, 2.05) is 47.2 Å². The van der Waals surface area contributed by atoms with Crippen molar-refractivity contribution in [3.63, 3.8) is 0 Å². The molecule has 0 radical (unpaired) electrons. The van der Waals surface area contributed by atoms with Crippen molar-refractivity contribution in [3.05, 3.63) is 70.0 Å². The Hall–Kier alpha value is -3.00. The number of thiophene rings is 1. The monoisotopic (exact) mass is 368 g/mol. The molecule has 0 saturated carbocycles. The quantitative estimate of drug-likeness (QED) is 0.700. The summed E-state index contributed by atoms with van der Waals surface area (Å²) in [6.07, 6.45) is 0.525. The number of hydrogen-bond donors (Lipinski definition) is 1. The van der Waals surface area contributed by atoms with E-state index < -0.39 is 11.6 Å². The Kier molecular flexibility index (Phi) is 4.04. The fraction of sp³-hybridized carbons (Fsp3) is 0.222. The third kappa shape index (κ3) is 2.88. The third-order valence-electron chi connectivity index (χ3n) is 4.38. The molecule has 1 aliphatic heterocycles. The minimum atomic E-state index is -1.07. The van der Waals surface area contributed by atoms with Crippen LogP contribution in [0.15, 0.2) is 51.7 Å². The van der Waals surface area contributed by atoms with Crippen molar-refractivity contribution in [2.75, 3.05) is 0 Å². The van der Waals surface area contributed by atoms with Gasteiger partial charge in [-0.1, -0.05) is 35.5 Å². The Morgan fingerprint density at radius 2 is 2.04 bits per heavy atom. The molecule has 1 atom stereocenters. The molecule has 0 spiro atoms. The van der Waals surface area contributed by atoms with Crippen molar-refractivity contribution in [2.45, 2.75) is 25.4 Å². The van der Waals surface area contributed by atoms with Crippen LogP contribution in [0.3, 0.4) is 0 Å². The Morgan fingerprint density at radius 3 is 2.77 bits per heavy atom. The van der Waals surface area contributed by atoms with Crippen LogP contribution in [-0.2, 0) is 23.3 Å². The number of hydrogen-bond acceptors (Lipinski definition) is 6. The number of rotatable bonds is 5. The zero-order valence-corrected chi connectivity index (χ0v) is 14.8. The summed E-state index contributed by atoms with van der Waals surface area (Å²) in [5.41, 5.74) is 0.753. The first-order chi connectivity index (χ1) is 12.6. The largest absolute Gasteiger partial charge is 0.337 e. The number of aromatic nitrogens is 2. The topological polar surface area (TPSA) is 88.3 Å². The number of carbonyl (C=O) groups excluding carboxylic acids is 2. The van der Waals surface area contributed by atoms with E-state index >= 15 is 0 Å². The summed E-state index contributed by atoms with van der Waals surface area (Å²) in [6.45, 7) is 1.65. The summed E-state index contributed by atoms with van der Waals surface area (Å²) in [5, 5.41) is 10.4. The Bertz CT molecular complexity index is 939. The van der Waals surface area contributed by atoms with Gasteiger partial charge in [0.25, 0.3) is 5.91 Å². The SMILES string of the molecule is CC1(c2ccsc2)NC(=O)N(Cc2nc(Cc3ccccc3)no2)C1=O. The molecule has 8 heteroatoms. The molecule has 2 aromatic heterocycles. The van der Waals surface area contributed by atoms with E-state index in [0.717, 1.165) is 16.0 Å². The van der Waals surface area contributed by atoms with Crippen LogP contribution in [0.5, 0.6) is 0 Å². The molecule has 1 fully saturated rings. The minimum absolute atomic E-state index is 0.0494. The van der Waals surface area contributed by atoms with Crippen molar-refractivity contribution in [2.24, 2.45) is 0 Å². The van der Waals surface area contributed by atoms with Crippen molar-refractivity contribution < 1.29 is 14.1 Å². The second-order valence-electron chi connectivity index (χ2n) is 6.23. The third-order valence-corrected chi connectivity index (χ3v) is 5.07. The molecule has 0 bridgehead atoms. The van der Waals surface area contributed by atoms with Gasteiger partial charge in [0.1, 0.15) is 12.1 Å². The summed E-state index contributed by atoms with van der Waals surface area (Å²) < 4.78 is 5.22. The average molecular weight is 368 g/mol. The van der Waals surface area contributed by atoms with E-state index in [-0.39, 0.29) is 18.3 Å². The lowest BCUT2D eigenvalue weighted by Gasteiger charge is -2.20. The Labute approximate surface area is 153 Å². The summed E-state index contributed by atoms with van der Waals surface area (Å²) in [7, 11) is 0. The molecule has 7 nitrogen and oxygen atoms in total. The van der Waals surface area contributed by atoms with Gasteiger partial charge in [0.2, 0.25) is 5.89 Å². The van der Waals surface area contributed by atoms with Gasteiger partial charge in [-0.2, -0.15) is 16.3 Å². The van der Waals surface area contributed by atoms with E-state index in [1.54, 1.807) is 6.92 Å². The van der Waals surface area contributed by atoms with Gasteiger partial charge in [0.05, 0.1) is 0 Å². The molecule has 3 amide bonds. The molecular weight excluding hydrogens is 352 g/mol. The fourth-order valence-corrected chi connectivity index (χ4v) is 3.69. The number of nitrogens with one attached hydrogen (secondary N) is 1. The van der Waals surface area contributed by atoms with Crippen molar-refractivity contribution in [3.8, 4) is 0 Å². The first kappa shape index (κ1) is 16.5. The van der Waals surface area contributed by atoms with Gasteiger partial charge in [0.15, 0.2) is 5.82 Å². The number of nitrogens with zero attached hydrogens (tertiary/aromatic N) is 3. The maximum absolute atomic E-state index is 12.8. The normalized spacial score (nSPS) is 19.8. The Morgan fingerprint density at radius 1 is 1.23 bits per heavy atom. The van der Waals surface area contributed by atoms with Crippen LogP contribution in [0.4, 0.5) is 4.79 Å². The second-order valence-corrected chi connectivity index (χ2v) is 7.01. The zero-order chi connectivity index (χ0) is 18.1. The van der Waals surface area contributed by atoms with Gasteiger partial charge in [-0.3, -0.25) is 9.69 Å². The number of imide groups is 1. The summed E-state index contributed by atoms with van der Waals surface area (Å²) in [4.78, 5) is 30.5. The van der Waals surface area contributed by atoms with Gasteiger partial charge in [-0.15, -0.1) is 0 Å². The van der Waals surface area contributed by atoms with E-state index in [1.165, 1.54) is 11.3 Å². The van der Waals surface area contributed by atoms with Gasteiger partial charge >= 0.3 is 6.03 Å². The summed E-state index contributed by atoms with van der Waals surface area (Å²) in [6, 6.07) is 11.1. The molecule has 1 unspecified atom stereocenters. The van der Waals surface area contributed by atoms with Crippen LogP contribution < -0.4 is 5.32 Å². The molecular formula is C18H16N4O3S. The van der Waals surface area contributed by atoms with Crippen molar-refractivity contribution in [1.29, 1.82) is 0 Å². The summed E-state index contributed by atoms with van der Waals surface area (Å²) in [5.74, 6) is 0.413. The van der Waals surface area contributed by atoms with Gasteiger partial charge < -0.3 is 9.84 Å². The maximum Gasteiger partial charge on any atom is 0.325 e. The van der Waals surface area contributed by atoms with Gasteiger partial charge in [-0.05, 0) is 34.9 Å². The maximum atomic E-state index is 12.8. The first-order valence-electron chi connectivity index (χ1n) is 8.08. The molecule has 4 rings (SSSR count). The molecule has 3 heterocycles. The lowest BCUT2D eigenvalue weighted by Crippen LogP contribution is -2.40. The second kappa shape index (κ2) is 6.38. The van der Waals surface area contributed by atoms with E-state index in [4.69, 9.17) is 4.52 Å². The fourth-order valence-electron chi connectivity index (χ4n) is 2.93. The van der Waals surface area contributed by atoms with Gasteiger partial charge in [-0.25, -0.2) is 4.79 Å². The molecule has 3 aromatic rings. The smallest absolute Gasteiger partial charge is 0.325 e. The minimum Gasteiger partial charge on any atom is -0.337 e. The predicted octanol–water partition coefficient (Wildman–Crippen LogP) is 2.69. The molecule has 0 aliphatic carbocycles. The highest BCUT2D eigenvalue weighted by Crippen LogP contribution is 2.30. The highest BCUT2D eigenvalue weighted by Gasteiger charge is 2.49. The van der Waals surface area contributed by atoms with Crippen LogP contribution >= 0.6 is 11.3 Å². The highest BCUT2D eigenvalue weighted by molar-refractivity contribution is 7.08. The van der Waals surface area contributed by atoms with Crippen LogP contribution in [0, 0.1) is 0 Å². The molecule has 1 N–H and O–H groups in total. The van der Waals surface area contributed by atoms with Crippen LogP contribution in [0.1, 0.15) is 29.8 Å². The van der Waals surface area contributed by atoms with E-state index in [0.29, 0.717) is 12.2 Å². The first-order valence-corrected chi connectivity index (χ1v) is 9.03. The zero-order valence-electron chi connectivity index (χ0n) is 14.0. The molecule has 1 saturated heterocycles. The van der Waals surface area contributed by atoms with E-state index in [9.17, 15) is 9.59 Å². The molecule has 1 aliphatic rings. The number of amides is 3. The van der Waals surface area contributed by atoms with Crippen molar-refractivity contribution >= 4 is 23.3 Å². The van der Waals surface area contributed by atoms with Crippen molar-refractivity contribution in [1.82, 2.24) is 20.4 Å². The van der Waals surface area contributed by atoms with Gasteiger partial charge in [0, 0.05) is 6.42 Å². The van der Waals surface area contributed by atoms with Crippen LogP contribution in [-0.4, -0.2) is 27.0 Å². The number of benzene rings is 1. The van der Waals surface area contributed by atoms with E-state index in [2.05, 4.69) is 15.5 Å². The molecule has 132 valence electrons. The standard InChI is InChI=1S/C18H16N4O3S/c1-18(13-7-8-26-11-13)16(23)22(17(24)20-18)10-15-19-14(21-25-15)9-12-5-3-2-4-6-12/h2-8,11H,9-10H2,1H3,(H,20,24). The number of urea groups is 1. The summed E-state index contributed by atoms with van der Waals surface area (Å²) >= 11 is 1.47. The highest BCUT2D eigenvalue weighted by atomic mass is 32.1. The van der Waals surface area contributed by atoms with Crippen LogP contribution in [0.2, 0.25) is 0 Å². The van der Waals surface area contributed by atoms with Crippen LogP contribution in [0.25, 0.3) is 0 Å². The predicted molar refractivity (Wildman–Crippen MR) is 94.3 cm³/mol. The lowest BCUT2D eigenvalue weighted by atomic mass is 9.95. The Balaban J connectivity index is 1.49. The number of carbonyl (C=O) groups is 2. The molecule has 26 heavy (non-hydrogen) atoms. The lowest BCUT2D eigenvalue weighted by molar-refractivity contribution is -0.131.